The van der Waals surface area contributed by atoms with Crippen molar-refractivity contribution in [2.24, 2.45) is 5.73 Å². The van der Waals surface area contributed by atoms with Gasteiger partial charge in [-0.1, -0.05) is 6.92 Å². The van der Waals surface area contributed by atoms with Crippen molar-refractivity contribution in [1.29, 1.82) is 0 Å². The number of sulfone groups is 1. The van der Waals surface area contributed by atoms with E-state index in [-0.39, 0.29) is 11.8 Å². The van der Waals surface area contributed by atoms with Gasteiger partial charge in [-0.15, -0.1) is 0 Å². The summed E-state index contributed by atoms with van der Waals surface area (Å²) < 4.78 is 24.6. The van der Waals surface area contributed by atoms with E-state index in [0.29, 0.717) is 12.3 Å². The minimum atomic E-state index is -3.10. The first kappa shape index (κ1) is 15.8. The van der Waals surface area contributed by atoms with Crippen LogP contribution in [0.4, 0.5) is 0 Å². The number of aromatic nitrogens is 1. The van der Waals surface area contributed by atoms with Crippen molar-refractivity contribution in [1.82, 2.24) is 9.88 Å². The Morgan fingerprint density at radius 1 is 1.50 bits per heavy atom. The predicted molar refractivity (Wildman–Crippen MR) is 83.3 cm³/mol. The van der Waals surface area contributed by atoms with Gasteiger partial charge in [0.25, 0.3) is 0 Å². The summed E-state index contributed by atoms with van der Waals surface area (Å²) in [6.45, 7) is 2.86. The zero-order valence-electron chi connectivity index (χ0n) is 11.6. The first-order chi connectivity index (χ1) is 9.60. The fourth-order valence-electron chi connectivity index (χ4n) is 2.50. The van der Waals surface area contributed by atoms with Crippen molar-refractivity contribution >= 4 is 21.6 Å². The average Bonchev–Trinajstić information content (AvgIpc) is 2.49. The summed E-state index contributed by atoms with van der Waals surface area (Å²) >= 11 is 1.70. The maximum absolute atomic E-state index is 12.3. The van der Waals surface area contributed by atoms with Crippen LogP contribution >= 0.6 is 11.8 Å². The summed E-state index contributed by atoms with van der Waals surface area (Å²) in [5.74, 6) is 1.73. The van der Waals surface area contributed by atoms with Gasteiger partial charge in [-0.3, -0.25) is 9.88 Å². The van der Waals surface area contributed by atoms with Crippen molar-refractivity contribution in [3.63, 3.8) is 0 Å². The highest BCUT2D eigenvalue weighted by atomic mass is 32.2. The number of thioether (sulfide) groups is 1. The SMILES string of the molecule is CCS(=O)(=O)C1CSCCN1C(CN)c1ccncc1. The minimum Gasteiger partial charge on any atom is -0.329 e. The molecule has 0 aliphatic carbocycles. The first-order valence-corrected chi connectivity index (χ1v) is 9.62. The molecule has 1 aromatic rings. The van der Waals surface area contributed by atoms with Crippen LogP contribution < -0.4 is 5.73 Å². The van der Waals surface area contributed by atoms with Crippen molar-refractivity contribution in [3.8, 4) is 0 Å². The largest absolute Gasteiger partial charge is 0.329 e. The van der Waals surface area contributed by atoms with Crippen molar-refractivity contribution < 1.29 is 8.42 Å². The van der Waals surface area contributed by atoms with Crippen molar-refractivity contribution in [2.75, 3.05) is 30.3 Å². The fraction of sp³-hybridized carbons (Fsp3) is 0.615. The molecule has 0 amide bonds. The number of hydrogen-bond donors (Lipinski definition) is 1. The normalized spacial score (nSPS) is 22.6. The number of nitrogens with zero attached hydrogens (tertiary/aromatic N) is 2. The Morgan fingerprint density at radius 2 is 2.20 bits per heavy atom. The molecule has 0 aromatic carbocycles. The van der Waals surface area contributed by atoms with Gasteiger partial charge in [0, 0.05) is 48.8 Å². The summed E-state index contributed by atoms with van der Waals surface area (Å²) in [5.41, 5.74) is 6.95. The molecule has 1 saturated heterocycles. The van der Waals surface area contributed by atoms with Gasteiger partial charge in [0.1, 0.15) is 5.37 Å². The molecule has 1 aliphatic rings. The number of nitrogens with two attached hydrogens (primary N) is 1. The summed E-state index contributed by atoms with van der Waals surface area (Å²) in [7, 11) is -3.10. The molecule has 112 valence electrons. The molecule has 2 unspecified atom stereocenters. The maximum Gasteiger partial charge on any atom is 0.166 e. The molecule has 0 bridgehead atoms. The van der Waals surface area contributed by atoms with Gasteiger partial charge in [-0.2, -0.15) is 11.8 Å². The Hall–Kier alpha value is -0.630. The van der Waals surface area contributed by atoms with E-state index >= 15 is 0 Å². The lowest BCUT2D eigenvalue weighted by atomic mass is 10.1. The molecule has 2 N–H and O–H groups in total. The van der Waals surface area contributed by atoms with Gasteiger partial charge in [-0.05, 0) is 17.7 Å². The molecule has 0 spiro atoms. The molecule has 5 nitrogen and oxygen atoms in total. The molecular formula is C13H21N3O2S2. The zero-order chi connectivity index (χ0) is 14.6. The lowest BCUT2D eigenvalue weighted by Gasteiger charge is -2.40. The molecule has 2 rings (SSSR count). The standard InChI is InChI=1S/C13H21N3O2S2/c1-2-20(17,18)13-10-19-8-7-16(13)12(9-14)11-3-5-15-6-4-11/h3-6,12-13H,2,7-10,14H2,1H3. The smallest absolute Gasteiger partial charge is 0.166 e. The fourth-order valence-corrected chi connectivity index (χ4v) is 5.57. The second kappa shape index (κ2) is 6.89. The molecule has 7 heteroatoms. The third-order valence-corrected chi connectivity index (χ3v) is 6.96. The minimum absolute atomic E-state index is 0.0646. The molecule has 1 aliphatic heterocycles. The third kappa shape index (κ3) is 3.33. The van der Waals surface area contributed by atoms with Crippen molar-refractivity contribution in [2.45, 2.75) is 18.3 Å². The van der Waals surface area contributed by atoms with Crippen LogP contribution in [-0.4, -0.2) is 54.0 Å². The quantitative estimate of drug-likeness (QED) is 0.870. The van der Waals surface area contributed by atoms with Crippen LogP contribution in [0.3, 0.4) is 0 Å². The summed E-state index contributed by atoms with van der Waals surface area (Å²) in [5, 5.41) is -0.437. The second-order valence-corrected chi connectivity index (χ2v) is 8.35. The van der Waals surface area contributed by atoms with Crippen LogP contribution in [0.15, 0.2) is 24.5 Å². The van der Waals surface area contributed by atoms with Gasteiger partial charge in [-0.25, -0.2) is 8.42 Å². The molecule has 1 fully saturated rings. The maximum atomic E-state index is 12.3. The Labute approximate surface area is 124 Å². The molecule has 1 aromatic heterocycles. The monoisotopic (exact) mass is 315 g/mol. The van der Waals surface area contributed by atoms with Crippen molar-refractivity contribution in [3.05, 3.63) is 30.1 Å². The topological polar surface area (TPSA) is 76.3 Å². The number of hydrogen-bond acceptors (Lipinski definition) is 6. The highest BCUT2D eigenvalue weighted by Gasteiger charge is 2.36. The molecule has 0 saturated carbocycles. The van der Waals surface area contributed by atoms with E-state index in [1.807, 2.05) is 17.0 Å². The van der Waals surface area contributed by atoms with Gasteiger partial charge >= 0.3 is 0 Å². The van der Waals surface area contributed by atoms with Crippen LogP contribution in [0.5, 0.6) is 0 Å². The van der Waals surface area contributed by atoms with Crippen LogP contribution in [0.25, 0.3) is 0 Å². The van der Waals surface area contributed by atoms with E-state index in [0.717, 1.165) is 17.9 Å². The highest BCUT2D eigenvalue weighted by Crippen LogP contribution is 2.29. The lowest BCUT2D eigenvalue weighted by Crippen LogP contribution is -2.50. The van der Waals surface area contributed by atoms with E-state index in [1.54, 1.807) is 31.1 Å². The Balaban J connectivity index is 2.31. The predicted octanol–water partition coefficient (Wildman–Crippen LogP) is 0.891. The van der Waals surface area contributed by atoms with Crippen LogP contribution in [0, 0.1) is 0 Å². The van der Waals surface area contributed by atoms with Crippen LogP contribution in [0.2, 0.25) is 0 Å². The third-order valence-electron chi connectivity index (χ3n) is 3.66. The highest BCUT2D eigenvalue weighted by molar-refractivity contribution is 8.01. The summed E-state index contributed by atoms with van der Waals surface area (Å²) in [6, 6.07) is 3.76. The number of pyridine rings is 1. The Morgan fingerprint density at radius 3 is 2.80 bits per heavy atom. The van der Waals surface area contributed by atoms with E-state index < -0.39 is 15.2 Å². The molecule has 20 heavy (non-hydrogen) atoms. The molecule has 2 heterocycles. The van der Waals surface area contributed by atoms with Gasteiger partial charge < -0.3 is 5.73 Å². The number of rotatable bonds is 5. The van der Waals surface area contributed by atoms with E-state index in [4.69, 9.17) is 5.73 Å². The molecule has 2 atom stereocenters. The van der Waals surface area contributed by atoms with Gasteiger partial charge in [0.15, 0.2) is 9.84 Å². The second-order valence-electron chi connectivity index (χ2n) is 4.75. The van der Waals surface area contributed by atoms with E-state index in [1.165, 1.54) is 0 Å². The molecule has 0 radical (unpaired) electrons. The van der Waals surface area contributed by atoms with Gasteiger partial charge in [0.2, 0.25) is 0 Å². The van der Waals surface area contributed by atoms with E-state index in [2.05, 4.69) is 4.98 Å². The Kier molecular flexibility index (Phi) is 5.42. The van der Waals surface area contributed by atoms with Crippen LogP contribution in [-0.2, 0) is 9.84 Å². The summed E-state index contributed by atoms with van der Waals surface area (Å²) in [6.07, 6.45) is 3.44. The molecular weight excluding hydrogens is 294 g/mol. The van der Waals surface area contributed by atoms with Gasteiger partial charge in [0.05, 0.1) is 0 Å². The Bertz CT molecular complexity index is 522. The first-order valence-electron chi connectivity index (χ1n) is 6.75. The van der Waals surface area contributed by atoms with Crippen LogP contribution in [0.1, 0.15) is 18.5 Å². The average molecular weight is 315 g/mol. The zero-order valence-corrected chi connectivity index (χ0v) is 13.2. The summed E-state index contributed by atoms with van der Waals surface area (Å²) in [4.78, 5) is 6.06. The lowest BCUT2D eigenvalue weighted by molar-refractivity contribution is 0.197. The van der Waals surface area contributed by atoms with E-state index in [9.17, 15) is 8.42 Å².